The van der Waals surface area contributed by atoms with E-state index in [1.165, 1.54) is 4.68 Å². The van der Waals surface area contributed by atoms with Crippen molar-refractivity contribution in [2.24, 2.45) is 11.7 Å². The highest BCUT2D eigenvalue weighted by Crippen LogP contribution is 2.48. The van der Waals surface area contributed by atoms with Gasteiger partial charge in [-0.25, -0.2) is 4.39 Å². The number of nitrogens with one attached hydrogen (secondary N) is 1. The summed E-state index contributed by atoms with van der Waals surface area (Å²) in [5, 5.41) is 7.31. The fraction of sp³-hybridized carbons (Fsp3) is 0.444. The normalized spacial score (nSPS) is 23.3. The second kappa shape index (κ2) is 6.64. The van der Waals surface area contributed by atoms with Crippen molar-refractivity contribution in [2.75, 3.05) is 13.2 Å². The van der Waals surface area contributed by atoms with Gasteiger partial charge in [0, 0.05) is 18.0 Å². The number of rotatable bonds is 6. The van der Waals surface area contributed by atoms with Crippen molar-refractivity contribution in [3.63, 3.8) is 0 Å². The van der Waals surface area contributed by atoms with Crippen molar-refractivity contribution in [1.29, 1.82) is 0 Å². The van der Waals surface area contributed by atoms with Crippen LogP contribution in [-0.4, -0.2) is 57.7 Å². The number of amides is 3. The van der Waals surface area contributed by atoms with Gasteiger partial charge in [-0.15, -0.1) is 0 Å². The number of nitrogens with two attached hydrogens (primary N) is 1. The average Bonchev–Trinajstić information content (AvgIpc) is 3.16. The van der Waals surface area contributed by atoms with Crippen molar-refractivity contribution in [3.8, 4) is 0 Å². The number of fused-ring (bicyclic) bond motifs is 2. The van der Waals surface area contributed by atoms with E-state index in [2.05, 4.69) is 10.4 Å². The van der Waals surface area contributed by atoms with Crippen molar-refractivity contribution in [2.45, 2.75) is 31.5 Å². The number of hydrogen-bond acceptors (Lipinski definition) is 4. The van der Waals surface area contributed by atoms with E-state index in [0.717, 1.165) is 6.42 Å². The molecule has 3 amide bonds. The van der Waals surface area contributed by atoms with Crippen LogP contribution in [0.1, 0.15) is 23.3 Å². The van der Waals surface area contributed by atoms with Gasteiger partial charge in [-0.3, -0.25) is 19.1 Å². The monoisotopic (exact) mass is 373 g/mol. The summed E-state index contributed by atoms with van der Waals surface area (Å²) in [6, 6.07) is 6.51. The predicted octanol–water partition coefficient (Wildman–Crippen LogP) is 0.210. The number of carbonyl (C=O) groups is 3. The zero-order chi connectivity index (χ0) is 19.1. The maximum absolute atomic E-state index is 13.0. The van der Waals surface area contributed by atoms with Crippen LogP contribution in [0.5, 0.6) is 0 Å². The third kappa shape index (κ3) is 3.02. The summed E-state index contributed by atoms with van der Waals surface area (Å²) in [6.07, 6.45) is 1.48. The quantitative estimate of drug-likeness (QED) is 0.754. The second-order valence-corrected chi connectivity index (χ2v) is 6.98. The molecule has 2 aromatic rings. The summed E-state index contributed by atoms with van der Waals surface area (Å²) >= 11 is 0. The number of halogens is 1. The van der Waals surface area contributed by atoms with E-state index in [1.807, 2.05) is 0 Å². The molecule has 3 atom stereocenters. The van der Waals surface area contributed by atoms with E-state index in [1.54, 1.807) is 29.2 Å². The molecule has 8 nitrogen and oxygen atoms in total. The number of benzene rings is 1. The van der Waals surface area contributed by atoms with Crippen LogP contribution in [0.2, 0.25) is 0 Å². The van der Waals surface area contributed by atoms with Crippen molar-refractivity contribution >= 4 is 28.6 Å². The molecule has 0 bridgehead atoms. The topological polar surface area (TPSA) is 110 Å². The number of piperidine rings is 1. The van der Waals surface area contributed by atoms with E-state index in [-0.39, 0.29) is 36.6 Å². The maximum atomic E-state index is 13.0. The van der Waals surface area contributed by atoms with E-state index >= 15 is 0 Å². The number of likely N-dealkylation sites (tertiary alicyclic amines) is 1. The van der Waals surface area contributed by atoms with Crippen LogP contribution >= 0.6 is 0 Å². The van der Waals surface area contributed by atoms with Gasteiger partial charge < -0.3 is 16.0 Å². The molecular weight excluding hydrogens is 353 g/mol. The first-order chi connectivity index (χ1) is 13.0. The molecule has 2 fully saturated rings. The predicted molar refractivity (Wildman–Crippen MR) is 94.4 cm³/mol. The van der Waals surface area contributed by atoms with Gasteiger partial charge in [0.1, 0.15) is 19.3 Å². The molecular formula is C18H20FN5O3. The highest BCUT2D eigenvalue weighted by Gasteiger charge is 2.55. The highest BCUT2D eigenvalue weighted by molar-refractivity contribution is 6.04. The first kappa shape index (κ1) is 17.4. The summed E-state index contributed by atoms with van der Waals surface area (Å²) in [6.45, 7) is -0.795. The van der Waals surface area contributed by atoms with Crippen LogP contribution < -0.4 is 11.1 Å². The number of alkyl halides is 1. The molecule has 0 unspecified atom stereocenters. The molecule has 2 heterocycles. The number of nitrogens with zero attached hydrogens (tertiary/aromatic N) is 3. The zero-order valence-electron chi connectivity index (χ0n) is 14.6. The Hall–Kier alpha value is -2.97. The summed E-state index contributed by atoms with van der Waals surface area (Å²) in [5.41, 5.74) is 6.13. The Morgan fingerprint density at radius 1 is 1.26 bits per heavy atom. The first-order valence-corrected chi connectivity index (χ1v) is 8.91. The zero-order valence-corrected chi connectivity index (χ0v) is 14.6. The minimum absolute atomic E-state index is 0.0519. The van der Waals surface area contributed by atoms with Crippen LogP contribution in [0.4, 0.5) is 4.39 Å². The van der Waals surface area contributed by atoms with Gasteiger partial charge >= 0.3 is 0 Å². The van der Waals surface area contributed by atoms with E-state index in [0.29, 0.717) is 23.2 Å². The molecule has 1 aliphatic carbocycles. The van der Waals surface area contributed by atoms with Crippen molar-refractivity contribution in [1.82, 2.24) is 20.0 Å². The maximum Gasteiger partial charge on any atom is 0.269 e. The van der Waals surface area contributed by atoms with Crippen LogP contribution in [0, 0.1) is 5.92 Å². The van der Waals surface area contributed by atoms with Gasteiger partial charge in [-0.05, 0) is 24.8 Å². The fourth-order valence-corrected chi connectivity index (χ4v) is 3.98. The number of hydrogen-bond donors (Lipinski definition) is 2. The van der Waals surface area contributed by atoms with Gasteiger partial charge in [0.2, 0.25) is 11.8 Å². The molecule has 27 heavy (non-hydrogen) atoms. The molecule has 4 rings (SSSR count). The lowest BCUT2D eigenvalue weighted by Gasteiger charge is -2.26. The van der Waals surface area contributed by atoms with Crippen LogP contribution in [0.15, 0.2) is 24.3 Å². The van der Waals surface area contributed by atoms with Gasteiger partial charge in [0.05, 0.1) is 5.52 Å². The van der Waals surface area contributed by atoms with Crippen LogP contribution in [0.25, 0.3) is 10.9 Å². The molecule has 2 aliphatic rings. The van der Waals surface area contributed by atoms with Crippen LogP contribution in [0.3, 0.4) is 0 Å². The fourth-order valence-electron chi connectivity index (χ4n) is 3.98. The Morgan fingerprint density at radius 2 is 2.04 bits per heavy atom. The van der Waals surface area contributed by atoms with Gasteiger partial charge in [0.25, 0.3) is 5.91 Å². The lowest BCUT2D eigenvalue weighted by Crippen LogP contribution is -2.49. The average molecular weight is 373 g/mol. The molecule has 3 N–H and O–H groups in total. The van der Waals surface area contributed by atoms with Gasteiger partial charge in [0.15, 0.2) is 5.69 Å². The molecule has 1 saturated carbocycles. The number of carbonyl (C=O) groups excluding carboxylic acids is 3. The Balaban J connectivity index is 1.58. The minimum atomic E-state index is -0.663. The third-order valence-corrected chi connectivity index (χ3v) is 5.27. The molecule has 1 saturated heterocycles. The molecule has 142 valence electrons. The second-order valence-electron chi connectivity index (χ2n) is 6.98. The Labute approximate surface area is 154 Å². The van der Waals surface area contributed by atoms with Crippen molar-refractivity contribution < 1.29 is 18.8 Å². The van der Waals surface area contributed by atoms with Crippen molar-refractivity contribution in [3.05, 3.63) is 30.0 Å². The van der Waals surface area contributed by atoms with E-state index < -0.39 is 18.6 Å². The summed E-state index contributed by atoms with van der Waals surface area (Å²) in [7, 11) is 0. The van der Waals surface area contributed by atoms with Gasteiger partial charge in [-0.2, -0.15) is 5.10 Å². The van der Waals surface area contributed by atoms with Gasteiger partial charge in [-0.1, -0.05) is 18.2 Å². The Kier molecular flexibility index (Phi) is 4.29. The lowest BCUT2D eigenvalue weighted by atomic mass is 10.1. The largest absolute Gasteiger partial charge is 0.364 e. The highest BCUT2D eigenvalue weighted by atomic mass is 19.1. The molecule has 1 aromatic carbocycles. The first-order valence-electron chi connectivity index (χ1n) is 8.91. The lowest BCUT2D eigenvalue weighted by molar-refractivity contribution is -0.140. The SMILES string of the molecule is NC(=O)c1nn(CC(=O)N2[C@@H]3C[C@@H]3C[C@H]2C(=O)NCCF)c2ccccc12. The molecule has 1 aliphatic heterocycles. The summed E-state index contributed by atoms with van der Waals surface area (Å²) in [5.74, 6) is -0.907. The summed E-state index contributed by atoms with van der Waals surface area (Å²) < 4.78 is 13.8. The molecule has 0 radical (unpaired) electrons. The molecule has 9 heteroatoms. The Bertz CT molecular complexity index is 927. The minimum Gasteiger partial charge on any atom is -0.364 e. The third-order valence-electron chi connectivity index (χ3n) is 5.27. The van der Waals surface area contributed by atoms with E-state index in [4.69, 9.17) is 5.73 Å². The molecule has 0 spiro atoms. The number of para-hydroxylation sites is 1. The standard InChI is InChI=1S/C18H20FN5O3/c19-5-6-21-18(27)14-8-10-7-13(10)24(14)15(25)9-23-12-4-2-1-3-11(12)16(22-23)17(20)26/h1-4,10,13-14H,5-9H2,(H2,20,26)(H,21,27)/t10-,13-,14+/m1/s1. The Morgan fingerprint density at radius 3 is 2.78 bits per heavy atom. The number of primary amides is 1. The van der Waals surface area contributed by atoms with E-state index in [9.17, 15) is 18.8 Å². The smallest absolute Gasteiger partial charge is 0.269 e. The summed E-state index contributed by atoms with van der Waals surface area (Å²) in [4.78, 5) is 38.5. The van der Waals surface area contributed by atoms with Crippen LogP contribution in [-0.2, 0) is 16.1 Å². The molecule has 1 aromatic heterocycles. The number of aromatic nitrogens is 2.